The molecule has 8 heteroatoms. The van der Waals surface area contributed by atoms with Crippen LogP contribution in [0.4, 0.5) is 5.82 Å². The molecule has 0 unspecified atom stereocenters. The van der Waals surface area contributed by atoms with Gasteiger partial charge in [-0.15, -0.1) is 0 Å². The normalized spacial score (nSPS) is 9.96. The molecule has 3 amide bonds. The van der Waals surface area contributed by atoms with Crippen molar-refractivity contribution >= 4 is 23.5 Å². The number of nitrogens with zero attached hydrogens (tertiary/aromatic N) is 1. The highest BCUT2D eigenvalue weighted by Gasteiger charge is 2.11. The zero-order valence-electron chi connectivity index (χ0n) is 12.5. The van der Waals surface area contributed by atoms with Crippen molar-refractivity contribution < 1.29 is 18.8 Å². The maximum atomic E-state index is 11.7. The first kappa shape index (κ1) is 16.2. The Hall–Kier alpha value is -3.16. The topological polar surface area (TPSA) is 113 Å². The van der Waals surface area contributed by atoms with E-state index in [0.29, 0.717) is 5.82 Å². The SMILES string of the molecule is Cc1cccnc1NC(=O)CNC(=O)CNC(=O)c1ccco1. The van der Waals surface area contributed by atoms with Crippen LogP contribution in [0.25, 0.3) is 0 Å². The number of carbonyl (C=O) groups excluding carboxylic acids is 3. The molecule has 8 nitrogen and oxygen atoms in total. The van der Waals surface area contributed by atoms with E-state index in [0.717, 1.165) is 5.56 Å². The molecule has 0 fully saturated rings. The molecule has 0 spiro atoms. The monoisotopic (exact) mass is 316 g/mol. The van der Waals surface area contributed by atoms with Gasteiger partial charge < -0.3 is 20.4 Å². The molecule has 0 bridgehead atoms. The highest BCUT2D eigenvalue weighted by atomic mass is 16.3. The minimum Gasteiger partial charge on any atom is -0.459 e. The summed E-state index contributed by atoms with van der Waals surface area (Å²) < 4.78 is 4.89. The van der Waals surface area contributed by atoms with Crippen LogP contribution in [-0.4, -0.2) is 35.8 Å². The fourth-order valence-corrected chi connectivity index (χ4v) is 1.69. The molecule has 0 saturated carbocycles. The minimum atomic E-state index is -0.501. The molecular formula is C15H16N4O4. The van der Waals surface area contributed by atoms with Crippen LogP contribution in [0.2, 0.25) is 0 Å². The third-order valence-electron chi connectivity index (χ3n) is 2.87. The summed E-state index contributed by atoms with van der Waals surface area (Å²) in [7, 11) is 0. The van der Waals surface area contributed by atoms with Crippen LogP contribution in [0.1, 0.15) is 16.1 Å². The number of furan rings is 1. The van der Waals surface area contributed by atoms with Crippen molar-refractivity contribution in [2.75, 3.05) is 18.4 Å². The quantitative estimate of drug-likeness (QED) is 0.717. The van der Waals surface area contributed by atoms with Gasteiger partial charge >= 0.3 is 0 Å². The van der Waals surface area contributed by atoms with Crippen molar-refractivity contribution in [3.05, 3.63) is 48.0 Å². The Morgan fingerprint density at radius 1 is 1.09 bits per heavy atom. The zero-order valence-corrected chi connectivity index (χ0v) is 12.5. The van der Waals surface area contributed by atoms with Gasteiger partial charge in [0.15, 0.2) is 5.76 Å². The molecule has 2 aromatic heterocycles. The Morgan fingerprint density at radius 3 is 2.57 bits per heavy atom. The maximum Gasteiger partial charge on any atom is 0.287 e. The second kappa shape index (κ2) is 7.74. The largest absolute Gasteiger partial charge is 0.459 e. The molecule has 0 atom stereocenters. The lowest BCUT2D eigenvalue weighted by molar-refractivity contribution is -0.123. The van der Waals surface area contributed by atoms with E-state index in [9.17, 15) is 14.4 Å². The number of aryl methyl sites for hydroxylation is 1. The summed E-state index contributed by atoms with van der Waals surface area (Å²) in [5, 5.41) is 7.36. The van der Waals surface area contributed by atoms with Crippen molar-refractivity contribution in [2.24, 2.45) is 0 Å². The fourth-order valence-electron chi connectivity index (χ4n) is 1.69. The summed E-state index contributed by atoms with van der Waals surface area (Å²) in [5.41, 5.74) is 0.817. The Labute approximate surface area is 132 Å². The molecule has 23 heavy (non-hydrogen) atoms. The standard InChI is InChI=1S/C15H16N4O4/c1-10-4-2-6-16-14(10)19-13(21)9-17-12(20)8-18-15(22)11-5-3-7-23-11/h2-7H,8-9H2,1H3,(H,17,20)(H,18,22)(H,16,19,21). The van der Waals surface area contributed by atoms with E-state index < -0.39 is 17.7 Å². The number of hydrogen-bond acceptors (Lipinski definition) is 5. The molecule has 0 aliphatic heterocycles. The molecule has 0 aromatic carbocycles. The van der Waals surface area contributed by atoms with Gasteiger partial charge in [0.1, 0.15) is 5.82 Å². The Balaban J connectivity index is 1.71. The Bertz CT molecular complexity index is 697. The van der Waals surface area contributed by atoms with E-state index in [-0.39, 0.29) is 18.8 Å². The first-order valence-electron chi connectivity index (χ1n) is 6.86. The van der Waals surface area contributed by atoms with Gasteiger partial charge in [-0.25, -0.2) is 4.98 Å². The highest BCUT2D eigenvalue weighted by molar-refractivity contribution is 5.96. The van der Waals surface area contributed by atoms with Crippen LogP contribution in [0.15, 0.2) is 41.1 Å². The average molecular weight is 316 g/mol. The van der Waals surface area contributed by atoms with Crippen molar-refractivity contribution in [3.8, 4) is 0 Å². The summed E-state index contributed by atoms with van der Waals surface area (Å²) in [6.45, 7) is 1.34. The number of pyridine rings is 1. The number of nitrogens with one attached hydrogen (secondary N) is 3. The lowest BCUT2D eigenvalue weighted by atomic mass is 10.3. The third kappa shape index (κ3) is 4.95. The van der Waals surface area contributed by atoms with Crippen LogP contribution in [0, 0.1) is 6.92 Å². The Morgan fingerprint density at radius 2 is 1.87 bits per heavy atom. The second-order valence-corrected chi connectivity index (χ2v) is 4.65. The summed E-state index contributed by atoms with van der Waals surface area (Å²) in [6.07, 6.45) is 2.92. The van der Waals surface area contributed by atoms with E-state index >= 15 is 0 Å². The van der Waals surface area contributed by atoms with E-state index in [4.69, 9.17) is 4.42 Å². The summed E-state index contributed by atoms with van der Waals surface area (Å²) >= 11 is 0. The van der Waals surface area contributed by atoms with Crippen LogP contribution in [0.5, 0.6) is 0 Å². The first-order valence-corrected chi connectivity index (χ1v) is 6.86. The molecular weight excluding hydrogens is 300 g/mol. The van der Waals surface area contributed by atoms with E-state index in [2.05, 4.69) is 20.9 Å². The number of anilines is 1. The first-order chi connectivity index (χ1) is 11.1. The summed E-state index contributed by atoms with van der Waals surface area (Å²) in [6, 6.07) is 6.62. The van der Waals surface area contributed by atoms with Crippen LogP contribution >= 0.6 is 0 Å². The third-order valence-corrected chi connectivity index (χ3v) is 2.87. The van der Waals surface area contributed by atoms with E-state index in [1.54, 1.807) is 18.3 Å². The van der Waals surface area contributed by atoms with Crippen molar-refractivity contribution in [3.63, 3.8) is 0 Å². The lowest BCUT2D eigenvalue weighted by Gasteiger charge is -2.08. The second-order valence-electron chi connectivity index (χ2n) is 4.65. The predicted octanol–water partition coefficient (Wildman–Crippen LogP) is 0.468. The van der Waals surface area contributed by atoms with Crippen molar-refractivity contribution in [1.82, 2.24) is 15.6 Å². The van der Waals surface area contributed by atoms with Gasteiger partial charge in [-0.3, -0.25) is 14.4 Å². The number of aromatic nitrogens is 1. The van der Waals surface area contributed by atoms with E-state index in [1.165, 1.54) is 12.3 Å². The molecule has 0 aliphatic rings. The number of carbonyl (C=O) groups is 3. The molecule has 120 valence electrons. The molecule has 2 aromatic rings. The number of hydrogen-bond donors (Lipinski definition) is 3. The van der Waals surface area contributed by atoms with Crippen molar-refractivity contribution in [2.45, 2.75) is 6.92 Å². The van der Waals surface area contributed by atoms with Crippen LogP contribution in [0.3, 0.4) is 0 Å². The number of rotatable bonds is 6. The molecule has 2 heterocycles. The summed E-state index contributed by atoms with van der Waals surface area (Å²) in [5.74, 6) is -0.840. The van der Waals surface area contributed by atoms with Gasteiger partial charge in [0.05, 0.1) is 19.4 Å². The number of amides is 3. The molecule has 0 radical (unpaired) electrons. The van der Waals surface area contributed by atoms with Crippen LogP contribution in [-0.2, 0) is 9.59 Å². The van der Waals surface area contributed by atoms with Gasteiger partial charge in [0.25, 0.3) is 5.91 Å². The maximum absolute atomic E-state index is 11.7. The predicted molar refractivity (Wildman–Crippen MR) is 81.7 cm³/mol. The van der Waals surface area contributed by atoms with Crippen molar-refractivity contribution in [1.29, 1.82) is 0 Å². The average Bonchev–Trinajstić information content (AvgIpc) is 3.07. The smallest absolute Gasteiger partial charge is 0.287 e. The van der Waals surface area contributed by atoms with Gasteiger partial charge in [0, 0.05) is 6.20 Å². The molecule has 3 N–H and O–H groups in total. The van der Waals surface area contributed by atoms with Gasteiger partial charge in [-0.05, 0) is 30.7 Å². The molecule has 0 aliphatic carbocycles. The molecule has 2 rings (SSSR count). The minimum absolute atomic E-state index is 0.112. The van der Waals surface area contributed by atoms with Gasteiger partial charge in [0.2, 0.25) is 11.8 Å². The lowest BCUT2D eigenvalue weighted by Crippen LogP contribution is -2.40. The zero-order chi connectivity index (χ0) is 16.7. The van der Waals surface area contributed by atoms with Crippen LogP contribution < -0.4 is 16.0 Å². The highest BCUT2D eigenvalue weighted by Crippen LogP contribution is 2.08. The van der Waals surface area contributed by atoms with Gasteiger partial charge in [-0.2, -0.15) is 0 Å². The molecule has 0 saturated heterocycles. The van der Waals surface area contributed by atoms with Gasteiger partial charge in [-0.1, -0.05) is 6.07 Å². The Kier molecular flexibility index (Phi) is 5.45. The van der Waals surface area contributed by atoms with E-state index in [1.807, 2.05) is 13.0 Å². The fraction of sp³-hybridized carbons (Fsp3) is 0.200. The summed E-state index contributed by atoms with van der Waals surface area (Å²) in [4.78, 5) is 38.9.